The van der Waals surface area contributed by atoms with Gasteiger partial charge in [0.1, 0.15) is 6.04 Å². The highest BCUT2D eigenvalue weighted by molar-refractivity contribution is 7.89. The summed E-state index contributed by atoms with van der Waals surface area (Å²) in [6.07, 6.45) is 0. The molecule has 0 spiro atoms. The summed E-state index contributed by atoms with van der Waals surface area (Å²) < 4.78 is 36.7. The zero-order chi connectivity index (χ0) is 16.2. The molecule has 0 aromatic heterocycles. The van der Waals surface area contributed by atoms with Crippen LogP contribution in [-0.4, -0.2) is 39.8 Å². The van der Waals surface area contributed by atoms with Crippen LogP contribution in [0.2, 0.25) is 0 Å². The standard InChI is InChI=1S/C13H19NO6S/c1-8(2)12(13(15)16)14-21(17,18)9-5-6-10(19-3)11(7-9)20-4/h5-8,12,14H,1-4H3,(H,15,16). The quantitative estimate of drug-likeness (QED) is 0.780. The van der Waals surface area contributed by atoms with Crippen molar-refractivity contribution < 1.29 is 27.8 Å². The second kappa shape index (κ2) is 6.77. The number of hydrogen-bond acceptors (Lipinski definition) is 5. The van der Waals surface area contributed by atoms with Gasteiger partial charge in [-0.3, -0.25) is 4.79 Å². The van der Waals surface area contributed by atoms with Gasteiger partial charge in [0.2, 0.25) is 10.0 Å². The zero-order valence-electron chi connectivity index (χ0n) is 12.3. The Labute approximate surface area is 123 Å². The molecule has 0 amide bonds. The fraction of sp³-hybridized carbons (Fsp3) is 0.462. The van der Waals surface area contributed by atoms with E-state index in [0.717, 1.165) is 0 Å². The average Bonchev–Trinajstić information content (AvgIpc) is 2.43. The lowest BCUT2D eigenvalue weighted by Crippen LogP contribution is -2.44. The van der Waals surface area contributed by atoms with E-state index < -0.39 is 28.0 Å². The largest absolute Gasteiger partial charge is 0.493 e. The molecule has 0 aliphatic carbocycles. The van der Waals surface area contributed by atoms with E-state index in [1.807, 2.05) is 0 Å². The summed E-state index contributed by atoms with van der Waals surface area (Å²) in [6, 6.07) is 2.84. The van der Waals surface area contributed by atoms with Crippen LogP contribution in [0.5, 0.6) is 11.5 Å². The van der Waals surface area contributed by atoms with Crippen LogP contribution < -0.4 is 14.2 Å². The molecule has 1 aromatic rings. The molecule has 21 heavy (non-hydrogen) atoms. The second-order valence-electron chi connectivity index (χ2n) is 4.70. The van der Waals surface area contributed by atoms with Crippen LogP contribution in [0.25, 0.3) is 0 Å². The van der Waals surface area contributed by atoms with E-state index in [1.54, 1.807) is 13.8 Å². The van der Waals surface area contributed by atoms with Crippen molar-refractivity contribution in [2.45, 2.75) is 24.8 Å². The molecule has 0 saturated heterocycles. The topological polar surface area (TPSA) is 102 Å². The molecule has 0 aliphatic rings. The minimum atomic E-state index is -3.97. The van der Waals surface area contributed by atoms with Crippen LogP contribution >= 0.6 is 0 Å². The number of methoxy groups -OCH3 is 2. The summed E-state index contributed by atoms with van der Waals surface area (Å²) in [5.74, 6) is -0.988. The third kappa shape index (κ3) is 4.08. The minimum Gasteiger partial charge on any atom is -0.493 e. The summed E-state index contributed by atoms with van der Waals surface area (Å²) >= 11 is 0. The van der Waals surface area contributed by atoms with E-state index in [1.165, 1.54) is 32.4 Å². The van der Waals surface area contributed by atoms with Crippen molar-refractivity contribution in [1.29, 1.82) is 0 Å². The van der Waals surface area contributed by atoms with Gasteiger partial charge in [-0.1, -0.05) is 13.8 Å². The van der Waals surface area contributed by atoms with Crippen molar-refractivity contribution in [3.63, 3.8) is 0 Å². The number of hydrogen-bond donors (Lipinski definition) is 2. The van der Waals surface area contributed by atoms with Gasteiger partial charge in [0.05, 0.1) is 19.1 Å². The molecule has 8 heteroatoms. The van der Waals surface area contributed by atoms with Crippen molar-refractivity contribution in [2.75, 3.05) is 14.2 Å². The molecule has 7 nitrogen and oxygen atoms in total. The Kier molecular flexibility index (Phi) is 5.56. The average molecular weight is 317 g/mol. The first-order valence-corrected chi connectivity index (χ1v) is 7.68. The van der Waals surface area contributed by atoms with Gasteiger partial charge >= 0.3 is 5.97 Å². The number of benzene rings is 1. The molecule has 1 rings (SSSR count). The van der Waals surface area contributed by atoms with Gasteiger partial charge in [-0.25, -0.2) is 8.42 Å². The lowest BCUT2D eigenvalue weighted by atomic mass is 10.1. The van der Waals surface area contributed by atoms with Crippen LogP contribution in [0.1, 0.15) is 13.8 Å². The summed E-state index contributed by atoms with van der Waals surface area (Å²) in [4.78, 5) is 11.0. The van der Waals surface area contributed by atoms with E-state index in [9.17, 15) is 13.2 Å². The molecular weight excluding hydrogens is 298 g/mol. The van der Waals surface area contributed by atoms with Crippen LogP contribution in [0.15, 0.2) is 23.1 Å². The maximum absolute atomic E-state index is 12.2. The van der Waals surface area contributed by atoms with Crippen LogP contribution in [-0.2, 0) is 14.8 Å². The Morgan fingerprint density at radius 3 is 2.19 bits per heavy atom. The summed E-state index contributed by atoms with van der Waals surface area (Å²) in [7, 11) is -1.15. The fourth-order valence-corrected chi connectivity index (χ4v) is 3.04. The van der Waals surface area contributed by atoms with Crippen molar-refractivity contribution in [2.24, 2.45) is 5.92 Å². The Bertz CT molecular complexity index is 611. The number of carboxylic acids is 1. The molecule has 0 heterocycles. The molecule has 0 fully saturated rings. The first-order chi connectivity index (χ1) is 9.72. The van der Waals surface area contributed by atoms with E-state index >= 15 is 0 Å². The molecule has 0 bridgehead atoms. The highest BCUT2D eigenvalue weighted by Crippen LogP contribution is 2.29. The number of aliphatic carboxylic acids is 1. The Morgan fingerprint density at radius 1 is 1.19 bits per heavy atom. The van der Waals surface area contributed by atoms with Crippen molar-refractivity contribution in [1.82, 2.24) is 4.72 Å². The number of carbonyl (C=O) groups is 1. The van der Waals surface area contributed by atoms with Crippen LogP contribution in [0, 0.1) is 5.92 Å². The van der Waals surface area contributed by atoms with E-state index in [0.29, 0.717) is 5.75 Å². The predicted octanol–water partition coefficient (Wildman–Crippen LogP) is 1.09. The summed E-state index contributed by atoms with van der Waals surface area (Å²) in [5.41, 5.74) is 0. The molecule has 1 unspecified atom stereocenters. The van der Waals surface area contributed by atoms with Gasteiger partial charge in [0.25, 0.3) is 0 Å². The smallest absolute Gasteiger partial charge is 0.322 e. The predicted molar refractivity (Wildman–Crippen MR) is 76.1 cm³/mol. The highest BCUT2D eigenvalue weighted by atomic mass is 32.2. The first-order valence-electron chi connectivity index (χ1n) is 6.20. The molecule has 0 aliphatic heterocycles. The van der Waals surface area contributed by atoms with Gasteiger partial charge in [-0.15, -0.1) is 0 Å². The molecular formula is C13H19NO6S. The van der Waals surface area contributed by atoms with E-state index in [-0.39, 0.29) is 10.6 Å². The summed E-state index contributed by atoms with van der Waals surface area (Å²) in [5, 5.41) is 9.07. The Hall–Kier alpha value is -1.80. The molecule has 0 radical (unpaired) electrons. The van der Waals surface area contributed by atoms with Gasteiger partial charge in [-0.2, -0.15) is 4.72 Å². The van der Waals surface area contributed by atoms with Crippen LogP contribution in [0.3, 0.4) is 0 Å². The third-order valence-electron chi connectivity index (χ3n) is 2.88. The van der Waals surface area contributed by atoms with Crippen molar-refractivity contribution in [3.05, 3.63) is 18.2 Å². The maximum Gasteiger partial charge on any atom is 0.322 e. The van der Waals surface area contributed by atoms with E-state index in [4.69, 9.17) is 14.6 Å². The van der Waals surface area contributed by atoms with Gasteiger partial charge in [0.15, 0.2) is 11.5 Å². The molecule has 2 N–H and O–H groups in total. The molecule has 1 aromatic carbocycles. The Balaban J connectivity index is 3.16. The lowest BCUT2D eigenvalue weighted by Gasteiger charge is -2.18. The van der Waals surface area contributed by atoms with Gasteiger partial charge in [-0.05, 0) is 18.1 Å². The summed E-state index contributed by atoms with van der Waals surface area (Å²) in [6.45, 7) is 3.24. The van der Waals surface area contributed by atoms with Crippen molar-refractivity contribution >= 4 is 16.0 Å². The normalized spacial score (nSPS) is 13.0. The zero-order valence-corrected chi connectivity index (χ0v) is 13.1. The number of ether oxygens (including phenoxy) is 2. The van der Waals surface area contributed by atoms with Gasteiger partial charge < -0.3 is 14.6 Å². The number of rotatable bonds is 7. The lowest BCUT2D eigenvalue weighted by molar-refractivity contribution is -0.140. The number of carboxylic acid groups (broad SMARTS) is 1. The SMILES string of the molecule is COc1ccc(S(=O)(=O)NC(C(=O)O)C(C)C)cc1OC. The first kappa shape index (κ1) is 17.3. The minimum absolute atomic E-state index is 0.0907. The highest BCUT2D eigenvalue weighted by Gasteiger charge is 2.28. The van der Waals surface area contributed by atoms with Crippen molar-refractivity contribution in [3.8, 4) is 11.5 Å². The van der Waals surface area contributed by atoms with Gasteiger partial charge in [0, 0.05) is 6.07 Å². The molecule has 0 saturated carbocycles. The fourth-order valence-electron chi connectivity index (χ4n) is 1.69. The van der Waals surface area contributed by atoms with E-state index in [2.05, 4.69) is 4.72 Å². The number of sulfonamides is 1. The van der Waals surface area contributed by atoms with Crippen LogP contribution in [0.4, 0.5) is 0 Å². The Morgan fingerprint density at radius 2 is 1.76 bits per heavy atom. The third-order valence-corrected chi connectivity index (χ3v) is 4.32. The maximum atomic E-state index is 12.2. The second-order valence-corrected chi connectivity index (χ2v) is 6.41. The number of nitrogens with one attached hydrogen (secondary N) is 1. The molecule has 118 valence electrons. The molecule has 1 atom stereocenters. The monoisotopic (exact) mass is 317 g/mol.